The van der Waals surface area contributed by atoms with Crippen molar-refractivity contribution >= 4 is 17.1 Å². The number of hydrogen-bond donors (Lipinski definition) is 0. The Kier molecular flexibility index (Phi) is 3.22. The number of carbonyl (C=O) groups excluding carboxylic acids is 1. The molecule has 0 spiro atoms. The lowest BCUT2D eigenvalue weighted by Gasteiger charge is -2.21. The molecule has 1 rings (SSSR count). The van der Waals surface area contributed by atoms with Crippen LogP contribution in [0.5, 0.6) is 0 Å². The van der Waals surface area contributed by atoms with Gasteiger partial charge in [0.2, 0.25) is 0 Å². The topological polar surface area (TPSA) is 26.3 Å². The summed E-state index contributed by atoms with van der Waals surface area (Å²) in [4.78, 5) is 11.6. The lowest BCUT2D eigenvalue weighted by atomic mass is 9.99. The number of methoxy groups -OCH3 is 1. The van der Waals surface area contributed by atoms with Crippen LogP contribution in [0, 0.1) is 0 Å². The molecular weight excluding hydrogens is 184 g/mol. The Morgan fingerprint density at radius 3 is 2.77 bits per heavy atom. The molecule has 72 valence electrons. The largest absolute Gasteiger partial charge is 0.378 e. The molecule has 0 atom stereocenters. The van der Waals surface area contributed by atoms with E-state index in [-0.39, 0.29) is 11.4 Å². The molecule has 1 heterocycles. The van der Waals surface area contributed by atoms with E-state index in [1.54, 1.807) is 7.11 Å². The molecule has 1 aromatic heterocycles. The number of carbonyl (C=O) groups is 1. The zero-order valence-electron chi connectivity index (χ0n) is 8.16. The normalized spacial score (nSPS) is 11.6. The summed E-state index contributed by atoms with van der Waals surface area (Å²) < 4.78 is 5.19. The van der Waals surface area contributed by atoms with Crippen LogP contribution in [-0.2, 0) is 4.74 Å². The number of ether oxygens (including phenoxy) is 1. The highest BCUT2D eigenvalue weighted by molar-refractivity contribution is 7.08. The van der Waals surface area contributed by atoms with E-state index in [0.29, 0.717) is 6.42 Å². The van der Waals surface area contributed by atoms with Gasteiger partial charge in [0.05, 0.1) is 5.60 Å². The van der Waals surface area contributed by atoms with Crippen LogP contribution in [0.15, 0.2) is 16.8 Å². The molecule has 2 nitrogen and oxygen atoms in total. The molecular formula is C10H14O2S. The SMILES string of the molecule is COC(C)(C)CC(=O)c1ccsc1. The van der Waals surface area contributed by atoms with Crippen LogP contribution in [0.2, 0.25) is 0 Å². The molecule has 0 saturated heterocycles. The van der Waals surface area contributed by atoms with Gasteiger partial charge in [-0.1, -0.05) is 0 Å². The molecule has 0 aliphatic heterocycles. The van der Waals surface area contributed by atoms with Crippen molar-refractivity contribution in [2.24, 2.45) is 0 Å². The molecule has 0 unspecified atom stereocenters. The van der Waals surface area contributed by atoms with E-state index in [2.05, 4.69) is 0 Å². The van der Waals surface area contributed by atoms with Gasteiger partial charge in [0.15, 0.2) is 5.78 Å². The van der Waals surface area contributed by atoms with Crippen molar-refractivity contribution < 1.29 is 9.53 Å². The second-order valence-corrected chi connectivity index (χ2v) is 4.36. The van der Waals surface area contributed by atoms with Crippen molar-refractivity contribution in [3.05, 3.63) is 22.4 Å². The second kappa shape index (κ2) is 4.03. The third kappa shape index (κ3) is 2.94. The fourth-order valence-electron chi connectivity index (χ4n) is 0.984. The minimum Gasteiger partial charge on any atom is -0.378 e. The van der Waals surface area contributed by atoms with Gasteiger partial charge in [0.1, 0.15) is 0 Å². The van der Waals surface area contributed by atoms with E-state index in [4.69, 9.17) is 4.74 Å². The van der Waals surface area contributed by atoms with Gasteiger partial charge in [-0.25, -0.2) is 0 Å². The van der Waals surface area contributed by atoms with Crippen LogP contribution in [-0.4, -0.2) is 18.5 Å². The van der Waals surface area contributed by atoms with Crippen molar-refractivity contribution in [3.63, 3.8) is 0 Å². The van der Waals surface area contributed by atoms with Gasteiger partial charge in [-0.2, -0.15) is 11.3 Å². The van der Waals surface area contributed by atoms with E-state index in [0.717, 1.165) is 5.56 Å². The second-order valence-electron chi connectivity index (χ2n) is 3.58. The van der Waals surface area contributed by atoms with Gasteiger partial charge in [-0.3, -0.25) is 4.79 Å². The summed E-state index contributed by atoms with van der Waals surface area (Å²) in [6.45, 7) is 3.83. The summed E-state index contributed by atoms with van der Waals surface area (Å²) in [5, 5.41) is 3.78. The fourth-order valence-corrected chi connectivity index (χ4v) is 1.64. The number of ketones is 1. The molecule has 13 heavy (non-hydrogen) atoms. The zero-order chi connectivity index (χ0) is 9.90. The summed E-state index contributed by atoms with van der Waals surface area (Å²) in [5.41, 5.74) is 0.425. The maximum atomic E-state index is 11.6. The first kappa shape index (κ1) is 10.4. The van der Waals surface area contributed by atoms with E-state index in [1.807, 2.05) is 30.7 Å². The Balaban J connectivity index is 2.61. The molecule has 0 radical (unpaired) electrons. The average Bonchev–Trinajstić information content (AvgIpc) is 2.55. The number of hydrogen-bond acceptors (Lipinski definition) is 3. The summed E-state index contributed by atoms with van der Waals surface area (Å²) >= 11 is 1.54. The molecule has 3 heteroatoms. The lowest BCUT2D eigenvalue weighted by Crippen LogP contribution is -2.26. The molecule has 0 aromatic carbocycles. The van der Waals surface area contributed by atoms with Crippen molar-refractivity contribution in [2.75, 3.05) is 7.11 Å². The van der Waals surface area contributed by atoms with Crippen LogP contribution < -0.4 is 0 Å². The Labute approximate surface area is 82.5 Å². The Bertz CT molecular complexity index is 275. The summed E-state index contributed by atoms with van der Waals surface area (Å²) in [7, 11) is 1.63. The Morgan fingerprint density at radius 1 is 1.62 bits per heavy atom. The van der Waals surface area contributed by atoms with Gasteiger partial charge in [-0.05, 0) is 25.3 Å². The summed E-state index contributed by atoms with van der Waals surface area (Å²) in [6.07, 6.45) is 0.431. The standard InChI is InChI=1S/C10H14O2S/c1-10(2,12-3)6-9(11)8-4-5-13-7-8/h4-5,7H,6H2,1-3H3. The van der Waals surface area contributed by atoms with Crippen molar-refractivity contribution in [1.82, 2.24) is 0 Å². The van der Waals surface area contributed by atoms with Gasteiger partial charge in [-0.15, -0.1) is 0 Å². The Hall–Kier alpha value is -0.670. The van der Waals surface area contributed by atoms with Crippen LogP contribution in [0.3, 0.4) is 0 Å². The molecule has 0 bridgehead atoms. The minimum absolute atomic E-state index is 0.146. The minimum atomic E-state index is -0.362. The lowest BCUT2D eigenvalue weighted by molar-refractivity contribution is 0.0172. The third-order valence-electron chi connectivity index (χ3n) is 1.98. The first-order chi connectivity index (χ1) is 6.05. The monoisotopic (exact) mass is 198 g/mol. The number of Topliss-reactive ketones (excluding diaryl/α,β-unsaturated/α-hetero) is 1. The summed E-state index contributed by atoms with van der Waals surface area (Å²) in [5.74, 6) is 0.146. The van der Waals surface area contributed by atoms with Gasteiger partial charge < -0.3 is 4.74 Å². The molecule has 0 aliphatic carbocycles. The zero-order valence-corrected chi connectivity index (χ0v) is 8.98. The third-order valence-corrected chi connectivity index (χ3v) is 2.67. The van der Waals surface area contributed by atoms with E-state index < -0.39 is 0 Å². The molecule has 0 fully saturated rings. The molecule has 0 N–H and O–H groups in total. The van der Waals surface area contributed by atoms with Crippen LogP contribution in [0.1, 0.15) is 30.6 Å². The highest BCUT2D eigenvalue weighted by atomic mass is 32.1. The number of thiophene rings is 1. The molecule has 0 aliphatic rings. The maximum absolute atomic E-state index is 11.6. The predicted molar refractivity (Wildman–Crippen MR) is 54.4 cm³/mol. The molecule has 1 aromatic rings. The smallest absolute Gasteiger partial charge is 0.166 e. The maximum Gasteiger partial charge on any atom is 0.166 e. The van der Waals surface area contributed by atoms with Gasteiger partial charge in [0.25, 0.3) is 0 Å². The van der Waals surface area contributed by atoms with Crippen LogP contribution in [0.25, 0.3) is 0 Å². The Morgan fingerprint density at radius 2 is 2.31 bits per heavy atom. The van der Waals surface area contributed by atoms with Crippen molar-refractivity contribution in [1.29, 1.82) is 0 Å². The average molecular weight is 198 g/mol. The van der Waals surface area contributed by atoms with E-state index >= 15 is 0 Å². The van der Waals surface area contributed by atoms with Crippen LogP contribution in [0.4, 0.5) is 0 Å². The van der Waals surface area contributed by atoms with Crippen LogP contribution >= 0.6 is 11.3 Å². The van der Waals surface area contributed by atoms with E-state index in [1.165, 1.54) is 11.3 Å². The fraction of sp³-hybridized carbons (Fsp3) is 0.500. The van der Waals surface area contributed by atoms with E-state index in [9.17, 15) is 4.79 Å². The van der Waals surface area contributed by atoms with Crippen molar-refractivity contribution in [2.45, 2.75) is 25.9 Å². The van der Waals surface area contributed by atoms with Gasteiger partial charge >= 0.3 is 0 Å². The summed E-state index contributed by atoms with van der Waals surface area (Å²) in [6, 6.07) is 1.85. The first-order valence-corrected chi connectivity index (χ1v) is 5.10. The highest BCUT2D eigenvalue weighted by Gasteiger charge is 2.21. The predicted octanol–water partition coefficient (Wildman–Crippen LogP) is 2.75. The molecule has 0 amide bonds. The first-order valence-electron chi connectivity index (χ1n) is 4.16. The quantitative estimate of drug-likeness (QED) is 0.695. The number of rotatable bonds is 4. The molecule has 0 saturated carbocycles. The van der Waals surface area contributed by atoms with Crippen molar-refractivity contribution in [3.8, 4) is 0 Å². The highest BCUT2D eigenvalue weighted by Crippen LogP contribution is 2.18. The van der Waals surface area contributed by atoms with Gasteiger partial charge in [0, 0.05) is 24.5 Å².